The van der Waals surface area contributed by atoms with Crippen LogP contribution in [-0.2, 0) is 4.74 Å². The summed E-state index contributed by atoms with van der Waals surface area (Å²) < 4.78 is 5.66. The highest BCUT2D eigenvalue weighted by atomic mass is 16.5. The maximum atomic E-state index is 8.70. The van der Waals surface area contributed by atoms with E-state index in [-0.39, 0.29) is 6.61 Å². The third kappa shape index (κ3) is 1.94. The van der Waals surface area contributed by atoms with Gasteiger partial charge in [0, 0.05) is 5.92 Å². The Morgan fingerprint density at radius 1 is 1.46 bits per heavy atom. The first-order valence-electron chi connectivity index (χ1n) is 5.33. The minimum Gasteiger partial charge on any atom is -0.394 e. The summed E-state index contributed by atoms with van der Waals surface area (Å²) in [5, 5.41) is 8.70. The van der Waals surface area contributed by atoms with Crippen molar-refractivity contribution in [3.05, 3.63) is 11.6 Å². The van der Waals surface area contributed by atoms with Gasteiger partial charge < -0.3 is 9.84 Å². The van der Waals surface area contributed by atoms with Crippen LogP contribution in [0, 0.1) is 5.92 Å². The smallest absolute Gasteiger partial charge is 0.0701 e. The molecular formula is C11H18O2. The van der Waals surface area contributed by atoms with Gasteiger partial charge in [-0.2, -0.15) is 0 Å². The predicted octanol–water partition coefficient (Wildman–Crippen LogP) is 1.88. The Morgan fingerprint density at radius 3 is 3.23 bits per heavy atom. The molecule has 2 aliphatic rings. The van der Waals surface area contributed by atoms with Crippen LogP contribution in [0.3, 0.4) is 0 Å². The Hall–Kier alpha value is -0.340. The molecule has 1 fully saturated rings. The lowest BCUT2D eigenvalue weighted by atomic mass is 9.87. The molecule has 2 rings (SSSR count). The first kappa shape index (κ1) is 9.22. The fourth-order valence-electron chi connectivity index (χ4n) is 2.61. The third-order valence-electron chi connectivity index (χ3n) is 3.19. The summed E-state index contributed by atoms with van der Waals surface area (Å²) in [6.45, 7) is 0.663. The van der Waals surface area contributed by atoms with Crippen molar-refractivity contribution in [3.8, 4) is 0 Å². The average molecular weight is 182 g/mol. The van der Waals surface area contributed by atoms with Gasteiger partial charge in [0.05, 0.1) is 19.3 Å². The molecule has 0 amide bonds. The molecule has 2 nitrogen and oxygen atoms in total. The van der Waals surface area contributed by atoms with E-state index >= 15 is 0 Å². The summed E-state index contributed by atoms with van der Waals surface area (Å²) in [4.78, 5) is 0. The predicted molar refractivity (Wildman–Crippen MR) is 51.5 cm³/mol. The van der Waals surface area contributed by atoms with Gasteiger partial charge in [-0.25, -0.2) is 0 Å². The fourth-order valence-corrected chi connectivity index (χ4v) is 2.61. The second kappa shape index (κ2) is 4.25. The number of aliphatic hydroxyl groups excluding tert-OH is 1. The lowest BCUT2D eigenvalue weighted by Crippen LogP contribution is -2.26. The van der Waals surface area contributed by atoms with Crippen molar-refractivity contribution >= 4 is 0 Å². The van der Waals surface area contributed by atoms with Crippen molar-refractivity contribution in [2.45, 2.75) is 38.2 Å². The molecule has 0 aliphatic heterocycles. The zero-order chi connectivity index (χ0) is 9.10. The van der Waals surface area contributed by atoms with E-state index in [0.29, 0.717) is 18.6 Å². The van der Waals surface area contributed by atoms with E-state index in [1.54, 1.807) is 5.57 Å². The maximum Gasteiger partial charge on any atom is 0.0701 e. The monoisotopic (exact) mass is 182 g/mol. The quantitative estimate of drug-likeness (QED) is 0.675. The van der Waals surface area contributed by atoms with Crippen LogP contribution in [0.1, 0.15) is 32.1 Å². The molecule has 0 aromatic heterocycles. The Kier molecular flexibility index (Phi) is 3.01. The van der Waals surface area contributed by atoms with Gasteiger partial charge in [0.2, 0.25) is 0 Å². The van der Waals surface area contributed by atoms with E-state index in [9.17, 15) is 0 Å². The molecule has 0 aromatic carbocycles. The Morgan fingerprint density at radius 2 is 2.38 bits per heavy atom. The average Bonchev–Trinajstić information content (AvgIpc) is 2.62. The van der Waals surface area contributed by atoms with Crippen molar-refractivity contribution < 1.29 is 9.84 Å². The van der Waals surface area contributed by atoms with Crippen LogP contribution in [0.25, 0.3) is 0 Å². The van der Waals surface area contributed by atoms with Crippen LogP contribution in [0.2, 0.25) is 0 Å². The highest BCUT2D eigenvalue weighted by Crippen LogP contribution is 2.39. The number of hydrogen-bond donors (Lipinski definition) is 1. The molecule has 2 atom stereocenters. The van der Waals surface area contributed by atoms with Crippen molar-refractivity contribution in [1.29, 1.82) is 0 Å². The number of fused-ring (bicyclic) bond motifs is 1. The molecule has 1 saturated carbocycles. The van der Waals surface area contributed by atoms with Gasteiger partial charge in [-0.3, -0.25) is 0 Å². The highest BCUT2D eigenvalue weighted by molar-refractivity contribution is 5.16. The van der Waals surface area contributed by atoms with Gasteiger partial charge in [0.15, 0.2) is 0 Å². The molecule has 0 heterocycles. The van der Waals surface area contributed by atoms with Crippen LogP contribution >= 0.6 is 0 Å². The molecule has 0 spiro atoms. The second-order valence-electron chi connectivity index (χ2n) is 3.99. The minimum atomic E-state index is 0.155. The van der Waals surface area contributed by atoms with Gasteiger partial charge in [-0.1, -0.05) is 11.6 Å². The number of rotatable bonds is 3. The molecule has 1 N–H and O–H groups in total. The molecule has 0 unspecified atom stereocenters. The van der Waals surface area contributed by atoms with Crippen LogP contribution in [0.15, 0.2) is 11.6 Å². The molecule has 0 aromatic rings. The summed E-state index contributed by atoms with van der Waals surface area (Å²) >= 11 is 0. The standard InChI is InChI=1S/C11H18O2/c12-7-8-13-11-6-2-4-9-3-1-5-10(9)11/h4,10-12H,1-3,5-8H2/t10-,11-/m0/s1. The van der Waals surface area contributed by atoms with Crippen LogP contribution in [0.5, 0.6) is 0 Å². The van der Waals surface area contributed by atoms with Gasteiger partial charge in [0.1, 0.15) is 0 Å². The Bertz CT molecular complexity index is 198. The SMILES string of the molecule is OCCO[C@H]1CCC=C2CCC[C@@H]21. The topological polar surface area (TPSA) is 29.5 Å². The van der Waals surface area contributed by atoms with Crippen LogP contribution in [-0.4, -0.2) is 24.4 Å². The molecule has 0 bridgehead atoms. The van der Waals surface area contributed by atoms with Gasteiger partial charge in [-0.15, -0.1) is 0 Å². The molecule has 13 heavy (non-hydrogen) atoms. The summed E-state index contributed by atoms with van der Waals surface area (Å²) in [6.07, 6.45) is 9.02. The van der Waals surface area contributed by atoms with Gasteiger partial charge in [0.25, 0.3) is 0 Å². The van der Waals surface area contributed by atoms with Gasteiger partial charge >= 0.3 is 0 Å². The summed E-state index contributed by atoms with van der Waals surface area (Å²) in [6, 6.07) is 0. The van der Waals surface area contributed by atoms with E-state index in [1.165, 1.54) is 25.7 Å². The summed E-state index contributed by atoms with van der Waals surface area (Å²) in [7, 11) is 0. The number of hydrogen-bond acceptors (Lipinski definition) is 2. The van der Waals surface area contributed by atoms with E-state index in [4.69, 9.17) is 9.84 Å². The zero-order valence-corrected chi connectivity index (χ0v) is 8.04. The van der Waals surface area contributed by atoms with Crippen LogP contribution < -0.4 is 0 Å². The highest BCUT2D eigenvalue weighted by Gasteiger charge is 2.31. The van der Waals surface area contributed by atoms with E-state index in [2.05, 4.69) is 6.08 Å². The second-order valence-corrected chi connectivity index (χ2v) is 3.99. The van der Waals surface area contributed by atoms with Crippen molar-refractivity contribution in [3.63, 3.8) is 0 Å². The molecule has 74 valence electrons. The van der Waals surface area contributed by atoms with Crippen molar-refractivity contribution in [1.82, 2.24) is 0 Å². The lowest BCUT2D eigenvalue weighted by molar-refractivity contribution is -0.00263. The number of ether oxygens (including phenoxy) is 1. The van der Waals surface area contributed by atoms with E-state index in [1.807, 2.05) is 0 Å². The lowest BCUT2D eigenvalue weighted by Gasteiger charge is -2.28. The first-order chi connectivity index (χ1) is 6.42. The minimum absolute atomic E-state index is 0.155. The summed E-state index contributed by atoms with van der Waals surface area (Å²) in [5.41, 5.74) is 1.62. The van der Waals surface area contributed by atoms with E-state index in [0.717, 1.165) is 6.42 Å². The molecule has 0 radical (unpaired) electrons. The number of aliphatic hydroxyl groups is 1. The largest absolute Gasteiger partial charge is 0.394 e. The molecule has 2 heteroatoms. The maximum absolute atomic E-state index is 8.70. The Labute approximate surface area is 79.6 Å². The van der Waals surface area contributed by atoms with Crippen LogP contribution in [0.4, 0.5) is 0 Å². The number of allylic oxidation sites excluding steroid dienone is 1. The van der Waals surface area contributed by atoms with E-state index < -0.39 is 0 Å². The third-order valence-corrected chi connectivity index (χ3v) is 3.19. The molecule has 0 saturated heterocycles. The zero-order valence-electron chi connectivity index (χ0n) is 8.04. The van der Waals surface area contributed by atoms with Crippen molar-refractivity contribution in [2.75, 3.05) is 13.2 Å². The Balaban J connectivity index is 1.93. The normalized spacial score (nSPS) is 32.8. The molecule has 2 aliphatic carbocycles. The first-order valence-corrected chi connectivity index (χ1v) is 5.33. The fraction of sp³-hybridized carbons (Fsp3) is 0.818. The van der Waals surface area contributed by atoms with Gasteiger partial charge in [-0.05, 0) is 32.1 Å². The molecular weight excluding hydrogens is 164 g/mol. The summed E-state index contributed by atoms with van der Waals surface area (Å²) in [5.74, 6) is 0.681. The van der Waals surface area contributed by atoms with Crippen molar-refractivity contribution in [2.24, 2.45) is 5.92 Å².